The molecule has 50 heavy (non-hydrogen) atoms. The molecule has 0 atom stereocenters. The van der Waals surface area contributed by atoms with E-state index < -0.39 is 0 Å². The predicted octanol–water partition coefficient (Wildman–Crippen LogP) is 11.9. The molecule has 0 spiro atoms. The molecule has 0 N–H and O–H groups in total. The Balaban J connectivity index is 1.35. The summed E-state index contributed by atoms with van der Waals surface area (Å²) in [7, 11) is 0. The highest BCUT2D eigenvalue weighted by Crippen LogP contribution is 2.48. The normalized spacial score (nSPS) is 12.4. The molecule has 0 bridgehead atoms. The van der Waals surface area contributed by atoms with Crippen LogP contribution < -0.4 is 0 Å². The number of rotatable bonds is 2. The quantitative estimate of drug-likeness (QED) is 0.190. The fourth-order valence-electron chi connectivity index (χ4n) is 8.76. The Morgan fingerprint density at radius 3 is 1.84 bits per heavy atom. The standard InChI is InChI=1S/C46H26N4/c1-3-15-29-27(12-1)14-11-20-33(29)45-47-37-21-8-5-19-34(37)46(48-45)50-39-23-10-7-18-32(39)36-26-35-31-17-6-9-22-38(31)49-40-25-24-28-13-2-4-16-30(28)41(40)42(43(35)49)44(36)50/h1-26H. The largest absolute Gasteiger partial charge is 0.308 e. The number of benzene rings is 8. The lowest BCUT2D eigenvalue weighted by Crippen LogP contribution is -2.03. The Bertz CT molecular complexity index is 3380. The summed E-state index contributed by atoms with van der Waals surface area (Å²) >= 11 is 0. The minimum atomic E-state index is 0.721. The van der Waals surface area contributed by atoms with Gasteiger partial charge in [-0.3, -0.25) is 4.57 Å². The lowest BCUT2D eigenvalue weighted by Gasteiger charge is -2.14. The fraction of sp³-hybridized carbons (Fsp3) is 0. The summed E-state index contributed by atoms with van der Waals surface area (Å²) in [4.78, 5) is 10.7. The molecular formula is C46H26N4. The van der Waals surface area contributed by atoms with Crippen molar-refractivity contribution in [1.29, 1.82) is 0 Å². The molecule has 8 aromatic carbocycles. The molecule has 0 amide bonds. The van der Waals surface area contributed by atoms with Crippen LogP contribution in [0.1, 0.15) is 0 Å². The summed E-state index contributed by atoms with van der Waals surface area (Å²) in [6.07, 6.45) is 0. The first-order valence-electron chi connectivity index (χ1n) is 17.1. The summed E-state index contributed by atoms with van der Waals surface area (Å²) in [5.41, 5.74) is 7.95. The van der Waals surface area contributed by atoms with E-state index in [1.165, 1.54) is 70.5 Å². The molecule has 4 heterocycles. The first-order valence-corrected chi connectivity index (χ1v) is 17.1. The van der Waals surface area contributed by atoms with Gasteiger partial charge in [-0.25, -0.2) is 9.97 Å². The highest BCUT2D eigenvalue weighted by Gasteiger charge is 2.26. The average molecular weight is 635 g/mol. The van der Waals surface area contributed by atoms with Crippen LogP contribution in [0.4, 0.5) is 0 Å². The van der Waals surface area contributed by atoms with Crippen molar-refractivity contribution in [2.24, 2.45) is 0 Å². The molecule has 230 valence electrons. The van der Waals surface area contributed by atoms with Gasteiger partial charge in [-0.05, 0) is 57.9 Å². The van der Waals surface area contributed by atoms with Gasteiger partial charge in [-0.1, -0.05) is 121 Å². The first-order chi connectivity index (χ1) is 24.8. The van der Waals surface area contributed by atoms with Gasteiger partial charge in [0, 0.05) is 43.3 Å². The van der Waals surface area contributed by atoms with Crippen molar-refractivity contribution in [3.05, 3.63) is 158 Å². The van der Waals surface area contributed by atoms with Crippen molar-refractivity contribution in [2.75, 3.05) is 0 Å². The van der Waals surface area contributed by atoms with Crippen LogP contribution in [0.2, 0.25) is 0 Å². The van der Waals surface area contributed by atoms with E-state index in [0.29, 0.717) is 0 Å². The van der Waals surface area contributed by atoms with E-state index in [-0.39, 0.29) is 0 Å². The number of fused-ring (bicyclic) bond motifs is 14. The van der Waals surface area contributed by atoms with E-state index >= 15 is 0 Å². The Morgan fingerprint density at radius 2 is 1.00 bits per heavy atom. The Morgan fingerprint density at radius 1 is 0.380 bits per heavy atom. The number of nitrogens with zero attached hydrogens (tertiary/aromatic N) is 4. The van der Waals surface area contributed by atoms with Crippen LogP contribution in [0, 0.1) is 0 Å². The van der Waals surface area contributed by atoms with Crippen molar-refractivity contribution in [1.82, 2.24) is 18.9 Å². The summed E-state index contributed by atoms with van der Waals surface area (Å²) in [5.74, 6) is 1.61. The highest BCUT2D eigenvalue weighted by atomic mass is 15.1. The minimum Gasteiger partial charge on any atom is -0.308 e. The van der Waals surface area contributed by atoms with Crippen LogP contribution in [0.3, 0.4) is 0 Å². The topological polar surface area (TPSA) is 35.1 Å². The summed E-state index contributed by atoms with van der Waals surface area (Å²) in [5, 5.41) is 13.3. The van der Waals surface area contributed by atoms with E-state index in [4.69, 9.17) is 9.97 Å². The van der Waals surface area contributed by atoms with Crippen LogP contribution in [0.15, 0.2) is 158 Å². The van der Waals surface area contributed by atoms with Gasteiger partial charge >= 0.3 is 0 Å². The smallest absolute Gasteiger partial charge is 0.162 e. The molecule has 12 rings (SSSR count). The van der Waals surface area contributed by atoms with Crippen molar-refractivity contribution < 1.29 is 0 Å². The van der Waals surface area contributed by atoms with Gasteiger partial charge in [0.05, 0.1) is 33.1 Å². The summed E-state index contributed by atoms with van der Waals surface area (Å²) < 4.78 is 4.92. The average Bonchev–Trinajstić information content (AvgIpc) is 3.82. The lowest BCUT2D eigenvalue weighted by atomic mass is 9.99. The van der Waals surface area contributed by atoms with Gasteiger partial charge in [0.15, 0.2) is 5.82 Å². The van der Waals surface area contributed by atoms with Gasteiger partial charge < -0.3 is 4.40 Å². The van der Waals surface area contributed by atoms with Crippen molar-refractivity contribution in [2.45, 2.75) is 0 Å². The number of hydrogen-bond donors (Lipinski definition) is 0. The molecule has 0 aliphatic carbocycles. The zero-order valence-electron chi connectivity index (χ0n) is 26.8. The van der Waals surface area contributed by atoms with E-state index in [0.717, 1.165) is 39.0 Å². The molecule has 0 aliphatic heterocycles. The SMILES string of the molecule is c1ccc2c(-c3nc(-n4c5ccccc5c5cc6c7ccccc7n7c8ccc9ccccc9c8c(c54)c67)c4ccccc4n3)cccc2c1. The van der Waals surface area contributed by atoms with Gasteiger partial charge in [0.1, 0.15) is 5.82 Å². The third kappa shape index (κ3) is 3.25. The second-order valence-electron chi connectivity index (χ2n) is 13.3. The molecule has 0 unspecified atom stereocenters. The van der Waals surface area contributed by atoms with Gasteiger partial charge in [-0.15, -0.1) is 0 Å². The molecule has 0 fully saturated rings. The monoisotopic (exact) mass is 634 g/mol. The first kappa shape index (κ1) is 26.2. The lowest BCUT2D eigenvalue weighted by molar-refractivity contribution is 1.08. The molecule has 4 nitrogen and oxygen atoms in total. The van der Waals surface area contributed by atoms with Gasteiger partial charge in [0.25, 0.3) is 0 Å². The Labute approximate surface area is 285 Å². The summed E-state index contributed by atoms with van der Waals surface area (Å²) in [6.45, 7) is 0. The maximum Gasteiger partial charge on any atom is 0.162 e. The number of hydrogen-bond acceptors (Lipinski definition) is 2. The molecule has 0 saturated heterocycles. The van der Waals surface area contributed by atoms with Crippen LogP contribution in [-0.2, 0) is 0 Å². The predicted molar refractivity (Wildman–Crippen MR) is 209 cm³/mol. The molecule has 0 saturated carbocycles. The zero-order valence-corrected chi connectivity index (χ0v) is 26.8. The number of aromatic nitrogens is 4. The van der Waals surface area contributed by atoms with Gasteiger partial charge in [-0.2, -0.15) is 0 Å². The third-order valence-corrected chi connectivity index (χ3v) is 10.8. The highest BCUT2D eigenvalue weighted by molar-refractivity contribution is 6.37. The molecule has 12 aromatic rings. The van der Waals surface area contributed by atoms with Crippen LogP contribution >= 0.6 is 0 Å². The van der Waals surface area contributed by atoms with Crippen LogP contribution in [0.5, 0.6) is 0 Å². The van der Waals surface area contributed by atoms with Crippen LogP contribution in [0.25, 0.3) is 110 Å². The van der Waals surface area contributed by atoms with Crippen LogP contribution in [-0.4, -0.2) is 18.9 Å². The molecule has 4 heteroatoms. The van der Waals surface area contributed by atoms with Crippen molar-refractivity contribution in [3.8, 4) is 17.2 Å². The Hall–Kier alpha value is -6.78. The molecule has 0 radical (unpaired) electrons. The molecule has 0 aliphatic rings. The minimum absolute atomic E-state index is 0.721. The Kier molecular flexibility index (Phi) is 4.94. The van der Waals surface area contributed by atoms with E-state index in [1.54, 1.807) is 0 Å². The second kappa shape index (κ2) is 9.43. The maximum atomic E-state index is 5.54. The third-order valence-electron chi connectivity index (χ3n) is 10.8. The van der Waals surface area contributed by atoms with Crippen molar-refractivity contribution in [3.63, 3.8) is 0 Å². The van der Waals surface area contributed by atoms with E-state index in [1.807, 2.05) is 0 Å². The van der Waals surface area contributed by atoms with Crippen molar-refractivity contribution >= 4 is 92.3 Å². The number of para-hydroxylation sites is 3. The molecular weight excluding hydrogens is 609 g/mol. The summed E-state index contributed by atoms with van der Waals surface area (Å²) in [6, 6.07) is 56.8. The zero-order chi connectivity index (χ0) is 32.5. The molecule has 4 aromatic heterocycles. The van der Waals surface area contributed by atoms with E-state index in [9.17, 15) is 0 Å². The maximum absolute atomic E-state index is 5.54. The van der Waals surface area contributed by atoms with Gasteiger partial charge in [0.2, 0.25) is 0 Å². The van der Waals surface area contributed by atoms with E-state index in [2.05, 4.69) is 167 Å². The fourth-order valence-corrected chi connectivity index (χ4v) is 8.76. The second-order valence-corrected chi connectivity index (χ2v) is 13.3.